The van der Waals surface area contributed by atoms with Crippen LogP contribution in [-0.2, 0) is 0 Å². The zero-order valence-corrected chi connectivity index (χ0v) is 24.7. The van der Waals surface area contributed by atoms with E-state index in [1.54, 1.807) is 18.8 Å². The Kier molecular flexibility index (Phi) is 9.16. The van der Waals surface area contributed by atoms with Gasteiger partial charge in [-0.3, -0.25) is 0 Å². The van der Waals surface area contributed by atoms with Crippen LogP contribution in [-0.4, -0.2) is 0 Å². The van der Waals surface area contributed by atoms with Crippen LogP contribution in [0.4, 0.5) is 0 Å². The lowest BCUT2D eigenvalue weighted by atomic mass is 9.72. The van der Waals surface area contributed by atoms with Crippen molar-refractivity contribution in [1.29, 1.82) is 15.8 Å². The minimum Gasteiger partial charge on any atom is -0.388 e. The van der Waals surface area contributed by atoms with E-state index in [0.717, 1.165) is 33.4 Å². The average Bonchev–Trinajstić information content (AvgIpc) is 2.97. The third-order valence-corrected chi connectivity index (χ3v) is 7.27. The quantitative estimate of drug-likeness (QED) is 0.191. The zero-order valence-electron chi connectivity index (χ0n) is 24.7. The maximum atomic E-state index is 9.03. The van der Waals surface area contributed by atoms with Gasteiger partial charge in [-0.05, 0) is 104 Å². The van der Waals surface area contributed by atoms with E-state index in [1.165, 1.54) is 16.7 Å². The van der Waals surface area contributed by atoms with Crippen LogP contribution in [0.15, 0.2) is 72.8 Å². The molecule has 0 aliphatic heterocycles. The minimum absolute atomic E-state index is 0.163. The van der Waals surface area contributed by atoms with Gasteiger partial charge in [0.05, 0.1) is 0 Å². The molecule has 0 amide bonds. The summed E-state index contributed by atoms with van der Waals surface area (Å²) in [6.45, 7) is 13.3. The molecule has 0 bridgehead atoms. The topological polar surface area (TPSA) is 99.1 Å². The first-order valence-corrected chi connectivity index (χ1v) is 13.9. The molecule has 0 heterocycles. The van der Waals surface area contributed by atoms with E-state index >= 15 is 0 Å². The normalized spacial score (nSPS) is 10.7. The van der Waals surface area contributed by atoms with Crippen molar-refractivity contribution >= 4 is 0 Å². The molecule has 0 saturated carbocycles. The van der Waals surface area contributed by atoms with Crippen LogP contribution < -0.4 is 14.2 Å². The van der Waals surface area contributed by atoms with Crippen molar-refractivity contribution in [2.24, 2.45) is 0 Å². The van der Waals surface area contributed by atoms with Gasteiger partial charge in [0, 0.05) is 0 Å². The molecule has 0 saturated heterocycles. The van der Waals surface area contributed by atoms with Crippen LogP contribution in [0.2, 0.25) is 0 Å². The highest BCUT2D eigenvalue weighted by Gasteiger charge is 2.30. The monoisotopic (exact) mass is 555 g/mol. The Morgan fingerprint density at radius 1 is 0.405 bits per heavy atom. The molecule has 210 valence electrons. The zero-order chi connectivity index (χ0) is 30.4. The van der Waals surface area contributed by atoms with E-state index in [0.29, 0.717) is 17.2 Å². The maximum Gasteiger partial charge on any atom is 0.292 e. The van der Waals surface area contributed by atoms with Gasteiger partial charge in [-0.2, -0.15) is 0 Å². The Balaban J connectivity index is 2.21. The highest BCUT2D eigenvalue weighted by atomic mass is 16.5. The maximum absolute atomic E-state index is 9.03. The third-order valence-electron chi connectivity index (χ3n) is 7.27. The predicted octanol–water partition coefficient (Wildman–Crippen LogP) is 9.64. The summed E-state index contributed by atoms with van der Waals surface area (Å²) in [6, 6.07) is 23.0. The summed E-state index contributed by atoms with van der Waals surface area (Å²) in [7, 11) is 0. The Morgan fingerprint density at radius 3 is 0.786 bits per heavy atom. The Labute approximate surface area is 248 Å². The molecule has 0 aromatic heterocycles. The van der Waals surface area contributed by atoms with Crippen molar-refractivity contribution in [3.63, 3.8) is 0 Å². The smallest absolute Gasteiger partial charge is 0.292 e. The molecule has 0 fully saturated rings. The lowest BCUT2D eigenvalue weighted by molar-refractivity contribution is 0.507. The van der Waals surface area contributed by atoms with Gasteiger partial charge < -0.3 is 14.2 Å². The highest BCUT2D eigenvalue weighted by molar-refractivity contribution is 5.93. The number of nitriles is 3. The molecule has 0 N–H and O–H groups in total. The number of hydrogen-bond acceptors (Lipinski definition) is 6. The van der Waals surface area contributed by atoms with Gasteiger partial charge in [0.25, 0.3) is 18.8 Å². The summed E-state index contributed by atoms with van der Waals surface area (Å²) in [4.78, 5) is 0. The molecule has 42 heavy (non-hydrogen) atoms. The summed E-state index contributed by atoms with van der Waals surface area (Å²) < 4.78 is 15.3. The lowest BCUT2D eigenvalue weighted by Gasteiger charge is -2.32. The second kappa shape index (κ2) is 12.9. The van der Waals surface area contributed by atoms with Gasteiger partial charge in [-0.1, -0.05) is 77.9 Å². The largest absolute Gasteiger partial charge is 0.388 e. The molecule has 6 heteroatoms. The molecular weight excluding hydrogens is 522 g/mol. The number of benzene rings is 4. The molecule has 0 unspecified atom stereocenters. The fourth-order valence-corrected chi connectivity index (χ4v) is 5.70. The van der Waals surface area contributed by atoms with Crippen molar-refractivity contribution in [2.75, 3.05) is 0 Å². The van der Waals surface area contributed by atoms with E-state index in [-0.39, 0.29) is 17.8 Å². The minimum atomic E-state index is 0.163. The molecule has 6 nitrogen and oxygen atoms in total. The van der Waals surface area contributed by atoms with Gasteiger partial charge in [-0.25, -0.2) is 0 Å². The molecule has 4 aromatic carbocycles. The van der Waals surface area contributed by atoms with E-state index in [1.807, 2.05) is 72.8 Å². The van der Waals surface area contributed by atoms with Crippen molar-refractivity contribution < 1.29 is 14.2 Å². The van der Waals surface area contributed by atoms with Crippen LogP contribution in [0, 0.1) is 34.6 Å². The van der Waals surface area contributed by atoms with E-state index in [2.05, 4.69) is 41.5 Å². The summed E-state index contributed by atoms with van der Waals surface area (Å²) in [6.07, 6.45) is 5.25. The third kappa shape index (κ3) is 5.92. The predicted molar refractivity (Wildman–Crippen MR) is 164 cm³/mol. The van der Waals surface area contributed by atoms with Crippen molar-refractivity contribution in [3.05, 3.63) is 89.5 Å². The first-order chi connectivity index (χ1) is 20.2. The molecule has 0 spiro atoms. The Hall–Kier alpha value is -5.25. The van der Waals surface area contributed by atoms with Crippen molar-refractivity contribution in [3.8, 4) is 69.4 Å². The molecule has 0 atom stereocenters. The SMILES string of the molecule is CC(C)c1c(-c2ccc(OC#N)cc2)c(C(C)C)c(-c2ccc(OC#N)cc2)c(C(C)C)c1-c1ccc(OC#N)cc1. The Morgan fingerprint density at radius 2 is 0.619 bits per heavy atom. The molecular formula is C36H33N3O3. The first-order valence-electron chi connectivity index (χ1n) is 13.9. The van der Waals surface area contributed by atoms with Crippen LogP contribution in [0.1, 0.15) is 76.0 Å². The standard InChI is InChI=1S/C36H33N3O3/c1-22(2)31-34(25-7-13-28(14-8-25)40-19-37)32(23(3)4)36(27-11-17-30(18-12-27)42-21-39)33(24(5)6)35(31)26-9-15-29(16-10-26)41-20-38/h7-18,22-24H,1-6H3. The molecule has 4 aromatic rings. The van der Waals surface area contributed by atoms with Gasteiger partial charge in [0.1, 0.15) is 17.2 Å². The molecule has 0 aliphatic rings. The highest BCUT2D eigenvalue weighted by Crippen LogP contribution is 2.52. The van der Waals surface area contributed by atoms with Crippen molar-refractivity contribution in [2.45, 2.75) is 59.3 Å². The van der Waals surface area contributed by atoms with Gasteiger partial charge in [0.2, 0.25) is 0 Å². The second-order valence-electron chi connectivity index (χ2n) is 11.0. The Bertz CT molecular complexity index is 1460. The summed E-state index contributed by atoms with van der Waals surface area (Å²) in [5.74, 6) is 1.94. The number of nitrogens with zero attached hydrogens (tertiary/aromatic N) is 3. The van der Waals surface area contributed by atoms with Crippen molar-refractivity contribution in [1.82, 2.24) is 0 Å². The number of hydrogen-bond donors (Lipinski definition) is 0. The van der Waals surface area contributed by atoms with Crippen LogP contribution in [0.3, 0.4) is 0 Å². The van der Waals surface area contributed by atoms with Gasteiger partial charge in [0.15, 0.2) is 0 Å². The fourth-order valence-electron chi connectivity index (χ4n) is 5.70. The van der Waals surface area contributed by atoms with Crippen LogP contribution in [0.25, 0.3) is 33.4 Å². The van der Waals surface area contributed by atoms with Gasteiger partial charge >= 0.3 is 0 Å². The van der Waals surface area contributed by atoms with E-state index in [4.69, 9.17) is 30.0 Å². The summed E-state index contributed by atoms with van der Waals surface area (Å²) in [5, 5.41) is 27.1. The van der Waals surface area contributed by atoms with E-state index in [9.17, 15) is 0 Å². The van der Waals surface area contributed by atoms with Gasteiger partial charge in [-0.15, -0.1) is 15.8 Å². The fraction of sp³-hybridized carbons (Fsp3) is 0.250. The van der Waals surface area contributed by atoms with Crippen LogP contribution in [0.5, 0.6) is 17.2 Å². The summed E-state index contributed by atoms with van der Waals surface area (Å²) in [5.41, 5.74) is 10.2. The molecule has 0 radical (unpaired) electrons. The average molecular weight is 556 g/mol. The summed E-state index contributed by atoms with van der Waals surface area (Å²) >= 11 is 0. The lowest BCUT2D eigenvalue weighted by Crippen LogP contribution is -2.11. The number of rotatable bonds is 9. The molecule has 0 aliphatic carbocycles. The molecule has 4 rings (SSSR count). The second-order valence-corrected chi connectivity index (χ2v) is 11.0. The number of ether oxygens (including phenoxy) is 3. The first kappa shape index (κ1) is 29.7. The van der Waals surface area contributed by atoms with Crippen LogP contribution >= 0.6 is 0 Å². The van der Waals surface area contributed by atoms with E-state index < -0.39 is 0 Å².